The second kappa shape index (κ2) is 8.43. The number of benzene rings is 3. The van der Waals surface area contributed by atoms with Crippen LogP contribution in [0.1, 0.15) is 38.8 Å². The third kappa shape index (κ3) is 3.56. The molecule has 0 unspecified atom stereocenters. The molecule has 3 aromatic carbocycles. The number of hydrogen-bond donors (Lipinski definition) is 1. The monoisotopic (exact) mass is 465 g/mol. The van der Waals surface area contributed by atoms with Crippen molar-refractivity contribution in [1.29, 1.82) is 0 Å². The Hall–Kier alpha value is -4.39. The number of carbonyl (C=O) groups is 2. The van der Waals surface area contributed by atoms with Crippen molar-refractivity contribution in [3.05, 3.63) is 107 Å². The van der Waals surface area contributed by atoms with Crippen LogP contribution in [0, 0.1) is 0 Å². The third-order valence-electron chi connectivity index (χ3n) is 6.85. The van der Waals surface area contributed by atoms with E-state index in [9.17, 15) is 14.7 Å². The highest BCUT2D eigenvalue weighted by molar-refractivity contribution is 5.88. The van der Waals surface area contributed by atoms with Crippen LogP contribution in [0.2, 0.25) is 0 Å². The minimum absolute atomic E-state index is 0.0258. The van der Waals surface area contributed by atoms with Gasteiger partial charge in [-0.15, -0.1) is 0 Å². The van der Waals surface area contributed by atoms with Gasteiger partial charge in [-0.05, 0) is 34.4 Å². The average molecular weight is 466 g/mol. The number of ether oxygens (including phenoxy) is 1. The highest BCUT2D eigenvalue weighted by Gasteiger charge is 2.33. The molecule has 1 N–H and O–H groups in total. The van der Waals surface area contributed by atoms with Gasteiger partial charge in [-0.25, -0.2) is 14.3 Å². The number of fused-ring (bicyclic) bond motifs is 4. The van der Waals surface area contributed by atoms with E-state index in [0.717, 1.165) is 22.5 Å². The Bertz CT molecular complexity index is 1400. The second-order valence-corrected chi connectivity index (χ2v) is 8.80. The zero-order chi connectivity index (χ0) is 23.9. The van der Waals surface area contributed by atoms with Crippen LogP contribution in [0.25, 0.3) is 16.8 Å². The lowest BCUT2D eigenvalue weighted by atomic mass is 9.98. The Balaban J connectivity index is 1.22. The summed E-state index contributed by atoms with van der Waals surface area (Å²) in [6, 6.07) is 25.8. The molecule has 0 radical (unpaired) electrons. The fraction of sp³-hybridized carbons (Fsp3) is 0.179. The summed E-state index contributed by atoms with van der Waals surface area (Å²) >= 11 is 0. The molecule has 0 saturated carbocycles. The van der Waals surface area contributed by atoms with E-state index in [1.54, 1.807) is 9.58 Å². The molecular formula is C28H23N3O4. The minimum atomic E-state index is -1.11. The lowest BCUT2D eigenvalue weighted by Gasteiger charge is -2.27. The normalized spacial score (nSPS) is 14.2. The summed E-state index contributed by atoms with van der Waals surface area (Å²) in [6.07, 6.45) is 0.0515. The Morgan fingerprint density at radius 3 is 2.20 bits per heavy atom. The van der Waals surface area contributed by atoms with Crippen LogP contribution >= 0.6 is 0 Å². The van der Waals surface area contributed by atoms with Crippen LogP contribution in [0.4, 0.5) is 4.79 Å². The van der Waals surface area contributed by atoms with E-state index in [0.29, 0.717) is 18.5 Å². The topological polar surface area (TPSA) is 84.7 Å². The second-order valence-electron chi connectivity index (χ2n) is 8.80. The Labute approximate surface area is 202 Å². The predicted octanol–water partition coefficient (Wildman–Crippen LogP) is 4.88. The molecule has 1 amide bonds. The fourth-order valence-electron chi connectivity index (χ4n) is 5.21. The molecule has 174 valence electrons. The minimum Gasteiger partial charge on any atom is -0.476 e. The molecule has 1 aliphatic carbocycles. The van der Waals surface area contributed by atoms with Gasteiger partial charge in [0.05, 0.1) is 17.9 Å². The number of rotatable bonds is 4. The molecule has 35 heavy (non-hydrogen) atoms. The summed E-state index contributed by atoms with van der Waals surface area (Å²) < 4.78 is 7.47. The van der Waals surface area contributed by atoms with Crippen molar-refractivity contribution in [2.24, 2.45) is 0 Å². The van der Waals surface area contributed by atoms with E-state index >= 15 is 0 Å². The number of carboxylic acids is 1. The van der Waals surface area contributed by atoms with E-state index in [1.807, 2.05) is 54.6 Å². The molecule has 0 spiro atoms. The van der Waals surface area contributed by atoms with Crippen molar-refractivity contribution in [2.75, 3.05) is 13.2 Å². The van der Waals surface area contributed by atoms with Gasteiger partial charge in [0, 0.05) is 24.4 Å². The molecule has 1 aliphatic heterocycles. The standard InChI is InChI=1S/C28H23N3O4/c32-27(33)26-23-16-30(15-14-25(23)31(29-26)18-8-2-1-3-9-18)28(34)35-17-24-21-12-6-4-10-19(21)20-11-5-7-13-22(20)24/h1-13,24H,14-17H2,(H,32,33). The van der Waals surface area contributed by atoms with Crippen LogP contribution < -0.4 is 0 Å². The van der Waals surface area contributed by atoms with Crippen molar-refractivity contribution >= 4 is 12.1 Å². The maximum Gasteiger partial charge on any atom is 0.410 e. The van der Waals surface area contributed by atoms with E-state index in [2.05, 4.69) is 29.4 Å². The summed E-state index contributed by atoms with van der Waals surface area (Å²) in [5.41, 5.74) is 6.79. The van der Waals surface area contributed by atoms with Crippen LogP contribution in [0.15, 0.2) is 78.9 Å². The zero-order valence-corrected chi connectivity index (χ0v) is 18.9. The van der Waals surface area contributed by atoms with Crippen LogP contribution in [0.3, 0.4) is 0 Å². The lowest BCUT2D eigenvalue weighted by molar-refractivity contribution is 0.0683. The number of para-hydroxylation sites is 1. The first-order chi connectivity index (χ1) is 17.1. The number of aromatic carboxylic acids is 1. The first kappa shape index (κ1) is 21.2. The number of carbonyl (C=O) groups excluding carboxylic acids is 1. The van der Waals surface area contributed by atoms with Gasteiger partial charge in [0.25, 0.3) is 0 Å². The zero-order valence-electron chi connectivity index (χ0n) is 18.9. The van der Waals surface area contributed by atoms with Gasteiger partial charge in [0.2, 0.25) is 0 Å². The highest BCUT2D eigenvalue weighted by atomic mass is 16.6. The predicted molar refractivity (Wildman–Crippen MR) is 130 cm³/mol. The van der Waals surface area contributed by atoms with Gasteiger partial charge in [0.1, 0.15) is 6.61 Å². The van der Waals surface area contributed by atoms with Crippen molar-refractivity contribution in [2.45, 2.75) is 18.9 Å². The molecule has 0 atom stereocenters. The molecule has 6 rings (SSSR count). The van der Waals surface area contributed by atoms with Crippen molar-refractivity contribution < 1.29 is 19.4 Å². The van der Waals surface area contributed by atoms with E-state index < -0.39 is 12.1 Å². The molecule has 7 heteroatoms. The van der Waals surface area contributed by atoms with E-state index in [1.165, 1.54) is 11.1 Å². The largest absolute Gasteiger partial charge is 0.476 e. The molecular weight excluding hydrogens is 442 g/mol. The van der Waals surface area contributed by atoms with Crippen LogP contribution in [0.5, 0.6) is 0 Å². The SMILES string of the molecule is O=C(O)c1nn(-c2ccccc2)c2c1CN(C(=O)OCC1c3ccccc3-c3ccccc31)CC2. The Morgan fingerprint density at radius 2 is 1.54 bits per heavy atom. The van der Waals surface area contributed by atoms with Gasteiger partial charge in [-0.3, -0.25) is 0 Å². The number of nitrogens with zero attached hydrogens (tertiary/aromatic N) is 3. The first-order valence-corrected chi connectivity index (χ1v) is 11.6. The Morgan fingerprint density at radius 1 is 0.914 bits per heavy atom. The molecule has 0 saturated heterocycles. The number of amides is 1. The maximum atomic E-state index is 13.1. The molecule has 2 heterocycles. The Kier molecular flexibility index (Phi) is 5.10. The number of carboxylic acid groups (broad SMARTS) is 1. The maximum absolute atomic E-state index is 13.1. The molecule has 2 aliphatic rings. The van der Waals surface area contributed by atoms with Gasteiger partial charge in [-0.2, -0.15) is 5.10 Å². The molecule has 4 aromatic rings. The van der Waals surface area contributed by atoms with Crippen molar-refractivity contribution in [3.8, 4) is 16.8 Å². The van der Waals surface area contributed by atoms with Gasteiger partial charge in [-0.1, -0.05) is 66.7 Å². The summed E-state index contributed by atoms with van der Waals surface area (Å²) in [6.45, 7) is 0.813. The van der Waals surface area contributed by atoms with Crippen LogP contribution in [-0.2, 0) is 17.7 Å². The first-order valence-electron chi connectivity index (χ1n) is 11.6. The smallest absolute Gasteiger partial charge is 0.410 e. The average Bonchev–Trinajstić information content (AvgIpc) is 3.44. The van der Waals surface area contributed by atoms with E-state index in [4.69, 9.17) is 4.74 Å². The molecule has 1 aromatic heterocycles. The molecule has 0 bridgehead atoms. The summed E-state index contributed by atoms with van der Waals surface area (Å²) in [7, 11) is 0. The third-order valence-corrected chi connectivity index (χ3v) is 6.85. The summed E-state index contributed by atoms with van der Waals surface area (Å²) in [5.74, 6) is -1.13. The number of hydrogen-bond acceptors (Lipinski definition) is 4. The van der Waals surface area contributed by atoms with Gasteiger partial charge in [0.15, 0.2) is 5.69 Å². The van der Waals surface area contributed by atoms with E-state index in [-0.39, 0.29) is 24.8 Å². The van der Waals surface area contributed by atoms with Gasteiger partial charge < -0.3 is 14.7 Å². The van der Waals surface area contributed by atoms with Crippen LogP contribution in [-0.4, -0.2) is 45.0 Å². The quantitative estimate of drug-likeness (QED) is 0.465. The fourth-order valence-corrected chi connectivity index (χ4v) is 5.21. The summed E-state index contributed by atoms with van der Waals surface area (Å²) in [4.78, 5) is 26.6. The van der Waals surface area contributed by atoms with Crippen molar-refractivity contribution in [1.82, 2.24) is 14.7 Å². The van der Waals surface area contributed by atoms with Crippen molar-refractivity contribution in [3.63, 3.8) is 0 Å². The molecule has 0 fully saturated rings. The highest BCUT2D eigenvalue weighted by Crippen LogP contribution is 2.44. The lowest BCUT2D eigenvalue weighted by Crippen LogP contribution is -2.37. The van der Waals surface area contributed by atoms with Gasteiger partial charge >= 0.3 is 12.1 Å². The summed E-state index contributed by atoms with van der Waals surface area (Å²) in [5, 5.41) is 14.1. The molecule has 7 nitrogen and oxygen atoms in total. The number of aromatic nitrogens is 2.